The van der Waals surface area contributed by atoms with Crippen LogP contribution in [0.4, 0.5) is 0 Å². The van der Waals surface area contributed by atoms with Crippen LogP contribution in [0, 0.1) is 0 Å². The predicted molar refractivity (Wildman–Crippen MR) is 72.6 cm³/mol. The van der Waals surface area contributed by atoms with Gasteiger partial charge in [0.25, 0.3) is 0 Å². The highest BCUT2D eigenvalue weighted by atomic mass is 35.5. The number of hydrogen-bond acceptors (Lipinski definition) is 3. The van der Waals surface area contributed by atoms with E-state index in [1.54, 1.807) is 24.3 Å². The van der Waals surface area contributed by atoms with Crippen LogP contribution >= 0.6 is 11.6 Å². The summed E-state index contributed by atoms with van der Waals surface area (Å²) in [7, 11) is 1.85. The molecule has 4 nitrogen and oxygen atoms in total. The molecule has 0 spiro atoms. The van der Waals surface area contributed by atoms with Gasteiger partial charge in [-0.1, -0.05) is 29.8 Å². The zero-order valence-corrected chi connectivity index (χ0v) is 11.2. The fraction of sp³-hybridized carbons (Fsp3) is 0.462. The molecule has 0 aliphatic rings. The summed E-state index contributed by atoms with van der Waals surface area (Å²) in [5.74, 6) is -0.0589. The minimum atomic E-state index is -0.771. The highest BCUT2D eigenvalue weighted by Gasteiger charge is 2.11. The second-order valence-electron chi connectivity index (χ2n) is 4.05. The molecular weight excluding hydrogens is 252 g/mol. The third kappa shape index (κ3) is 5.04. The molecule has 0 radical (unpaired) electrons. The van der Waals surface area contributed by atoms with Crippen molar-refractivity contribution >= 4 is 17.5 Å². The third-order valence-corrected chi connectivity index (χ3v) is 2.93. The maximum absolute atomic E-state index is 11.5. The van der Waals surface area contributed by atoms with Gasteiger partial charge in [-0.15, -0.1) is 0 Å². The molecule has 0 saturated heterocycles. The molecule has 1 aromatic carbocycles. The lowest BCUT2D eigenvalue weighted by atomic mass is 10.1. The Bertz CT molecular complexity index is 385. The molecule has 0 bridgehead atoms. The molecule has 0 fully saturated rings. The number of aliphatic hydroxyl groups is 1. The molecule has 0 aliphatic carbocycles. The number of amides is 1. The van der Waals surface area contributed by atoms with Crippen LogP contribution in [0.3, 0.4) is 0 Å². The van der Waals surface area contributed by atoms with Gasteiger partial charge in [-0.3, -0.25) is 4.79 Å². The number of carbonyl (C=O) groups excluding carboxylic acids is 1. The Morgan fingerprint density at radius 2 is 2.17 bits per heavy atom. The highest BCUT2D eigenvalue weighted by molar-refractivity contribution is 6.31. The first-order chi connectivity index (χ1) is 8.65. The van der Waals surface area contributed by atoms with Gasteiger partial charge in [0.05, 0.1) is 6.10 Å². The van der Waals surface area contributed by atoms with E-state index in [0.29, 0.717) is 17.0 Å². The summed E-state index contributed by atoms with van der Waals surface area (Å²) in [6, 6.07) is 7.07. The van der Waals surface area contributed by atoms with E-state index in [4.69, 9.17) is 11.6 Å². The number of nitrogens with one attached hydrogen (secondary N) is 2. The molecule has 0 aliphatic heterocycles. The molecule has 0 saturated carbocycles. The van der Waals surface area contributed by atoms with E-state index in [1.165, 1.54) is 0 Å². The van der Waals surface area contributed by atoms with Gasteiger partial charge in [-0.05, 0) is 26.1 Å². The lowest BCUT2D eigenvalue weighted by molar-refractivity contribution is -0.121. The van der Waals surface area contributed by atoms with Crippen molar-refractivity contribution in [1.29, 1.82) is 0 Å². The van der Waals surface area contributed by atoms with E-state index >= 15 is 0 Å². The van der Waals surface area contributed by atoms with Gasteiger partial charge in [0, 0.05) is 23.6 Å². The second-order valence-corrected chi connectivity index (χ2v) is 4.46. The molecule has 1 atom stereocenters. The van der Waals surface area contributed by atoms with Crippen molar-refractivity contribution in [1.82, 2.24) is 10.6 Å². The zero-order chi connectivity index (χ0) is 13.4. The maximum atomic E-state index is 11.5. The number of aliphatic hydroxyl groups excluding tert-OH is 1. The fourth-order valence-corrected chi connectivity index (χ4v) is 1.84. The predicted octanol–water partition coefficient (Wildman–Crippen LogP) is 1.49. The van der Waals surface area contributed by atoms with E-state index in [1.807, 2.05) is 7.05 Å². The number of carbonyl (C=O) groups is 1. The standard InChI is InChI=1S/C13H19ClN2O2/c1-15-8-4-7-13(18)16-9-12(17)10-5-2-3-6-11(10)14/h2-3,5-6,12,15,17H,4,7-9H2,1H3,(H,16,18). The minimum absolute atomic E-state index is 0.0589. The van der Waals surface area contributed by atoms with Crippen LogP contribution < -0.4 is 10.6 Å². The van der Waals surface area contributed by atoms with E-state index in [0.717, 1.165) is 13.0 Å². The van der Waals surface area contributed by atoms with Crippen LogP contribution in [-0.4, -0.2) is 31.2 Å². The van der Waals surface area contributed by atoms with Crippen molar-refractivity contribution in [2.24, 2.45) is 0 Å². The number of hydrogen-bond donors (Lipinski definition) is 3. The summed E-state index contributed by atoms with van der Waals surface area (Å²) >= 11 is 5.96. The number of benzene rings is 1. The summed E-state index contributed by atoms with van der Waals surface area (Å²) < 4.78 is 0. The van der Waals surface area contributed by atoms with Gasteiger partial charge in [0.1, 0.15) is 0 Å². The summed E-state index contributed by atoms with van der Waals surface area (Å²) in [4.78, 5) is 11.5. The van der Waals surface area contributed by atoms with Crippen LogP contribution in [0.5, 0.6) is 0 Å². The van der Waals surface area contributed by atoms with Crippen LogP contribution in [0.1, 0.15) is 24.5 Å². The Morgan fingerprint density at radius 1 is 1.44 bits per heavy atom. The van der Waals surface area contributed by atoms with Crippen molar-refractivity contribution in [2.75, 3.05) is 20.1 Å². The maximum Gasteiger partial charge on any atom is 0.220 e. The van der Waals surface area contributed by atoms with Gasteiger partial charge in [-0.2, -0.15) is 0 Å². The van der Waals surface area contributed by atoms with Crippen LogP contribution in [0.2, 0.25) is 5.02 Å². The SMILES string of the molecule is CNCCCC(=O)NCC(O)c1ccccc1Cl. The number of rotatable bonds is 7. The first-order valence-corrected chi connectivity index (χ1v) is 6.36. The van der Waals surface area contributed by atoms with Gasteiger partial charge in [0.15, 0.2) is 0 Å². The molecule has 5 heteroatoms. The van der Waals surface area contributed by atoms with Gasteiger partial charge in [0.2, 0.25) is 5.91 Å². The van der Waals surface area contributed by atoms with Crippen molar-refractivity contribution in [2.45, 2.75) is 18.9 Å². The molecule has 3 N–H and O–H groups in total. The molecule has 100 valence electrons. The lowest BCUT2D eigenvalue weighted by Gasteiger charge is -2.13. The van der Waals surface area contributed by atoms with Crippen molar-refractivity contribution < 1.29 is 9.90 Å². The minimum Gasteiger partial charge on any atom is -0.387 e. The molecule has 0 aromatic heterocycles. The molecule has 1 aromatic rings. The van der Waals surface area contributed by atoms with Gasteiger partial charge >= 0.3 is 0 Å². The molecular formula is C13H19ClN2O2. The first kappa shape index (κ1) is 15.0. The van der Waals surface area contributed by atoms with E-state index in [-0.39, 0.29) is 12.5 Å². The summed E-state index contributed by atoms with van der Waals surface area (Å²) in [6.45, 7) is 0.989. The monoisotopic (exact) mass is 270 g/mol. The Kier molecular flexibility index (Phi) is 6.72. The Balaban J connectivity index is 2.35. The average Bonchev–Trinajstić information content (AvgIpc) is 2.37. The van der Waals surface area contributed by atoms with Crippen molar-refractivity contribution in [3.8, 4) is 0 Å². The van der Waals surface area contributed by atoms with Crippen molar-refractivity contribution in [3.63, 3.8) is 0 Å². The van der Waals surface area contributed by atoms with E-state index in [2.05, 4.69) is 10.6 Å². The molecule has 0 heterocycles. The molecule has 1 amide bonds. The normalized spacial score (nSPS) is 12.2. The van der Waals surface area contributed by atoms with Gasteiger partial charge < -0.3 is 15.7 Å². The Hall–Kier alpha value is -1.10. The van der Waals surface area contributed by atoms with E-state index < -0.39 is 6.10 Å². The summed E-state index contributed by atoms with van der Waals surface area (Å²) in [5.41, 5.74) is 0.634. The van der Waals surface area contributed by atoms with Crippen LogP contribution in [0.25, 0.3) is 0 Å². The van der Waals surface area contributed by atoms with E-state index in [9.17, 15) is 9.90 Å². The summed E-state index contributed by atoms with van der Waals surface area (Å²) in [5, 5.41) is 16.1. The Labute approximate surface area is 112 Å². The van der Waals surface area contributed by atoms with Crippen molar-refractivity contribution in [3.05, 3.63) is 34.9 Å². The fourth-order valence-electron chi connectivity index (χ4n) is 1.58. The number of halogens is 1. The highest BCUT2D eigenvalue weighted by Crippen LogP contribution is 2.21. The Morgan fingerprint density at radius 3 is 2.83 bits per heavy atom. The summed E-state index contributed by atoms with van der Waals surface area (Å²) in [6.07, 6.45) is 0.465. The first-order valence-electron chi connectivity index (χ1n) is 5.99. The lowest BCUT2D eigenvalue weighted by Crippen LogP contribution is -2.28. The average molecular weight is 271 g/mol. The molecule has 18 heavy (non-hydrogen) atoms. The second kappa shape index (κ2) is 8.08. The topological polar surface area (TPSA) is 61.4 Å². The zero-order valence-electron chi connectivity index (χ0n) is 10.4. The van der Waals surface area contributed by atoms with Crippen LogP contribution in [0.15, 0.2) is 24.3 Å². The van der Waals surface area contributed by atoms with Crippen LogP contribution in [-0.2, 0) is 4.79 Å². The molecule has 1 unspecified atom stereocenters. The molecule has 1 rings (SSSR count). The van der Waals surface area contributed by atoms with Gasteiger partial charge in [-0.25, -0.2) is 0 Å². The largest absolute Gasteiger partial charge is 0.387 e. The smallest absolute Gasteiger partial charge is 0.220 e. The quantitative estimate of drug-likeness (QED) is 0.658. The third-order valence-electron chi connectivity index (χ3n) is 2.59.